The second-order valence-electron chi connectivity index (χ2n) is 6.37. The third kappa shape index (κ3) is 3.87. The van der Waals surface area contributed by atoms with Gasteiger partial charge in [0.15, 0.2) is 0 Å². The molecule has 0 aromatic rings. The monoisotopic (exact) mass is 297 g/mol. The first-order chi connectivity index (χ1) is 10.0. The molecule has 2 N–H and O–H groups in total. The van der Waals surface area contributed by atoms with Crippen LogP contribution in [-0.4, -0.2) is 65.2 Å². The molecule has 0 bridgehead atoms. The Morgan fingerprint density at radius 3 is 2.52 bits per heavy atom. The first kappa shape index (κ1) is 16.1. The van der Waals surface area contributed by atoms with Gasteiger partial charge >= 0.3 is 12.0 Å². The van der Waals surface area contributed by atoms with E-state index in [9.17, 15) is 14.7 Å². The summed E-state index contributed by atoms with van der Waals surface area (Å²) in [6.45, 7) is 7.32. The standard InChI is InChI=1S/C15H27N3O3/c1-11-6-5-9-18(13(11)14(19)20)15(21)16-10-12(2)17-7-3-4-8-17/h11-13H,3-10H2,1-2H3,(H,16,21)(H,19,20). The first-order valence-electron chi connectivity index (χ1n) is 8.02. The molecule has 0 saturated carbocycles. The molecule has 0 radical (unpaired) electrons. The maximum atomic E-state index is 12.3. The van der Waals surface area contributed by atoms with Crippen LogP contribution in [-0.2, 0) is 4.79 Å². The van der Waals surface area contributed by atoms with Crippen LogP contribution in [0, 0.1) is 5.92 Å². The van der Waals surface area contributed by atoms with Gasteiger partial charge in [0, 0.05) is 19.1 Å². The average Bonchev–Trinajstić information content (AvgIpc) is 2.97. The van der Waals surface area contributed by atoms with Crippen molar-refractivity contribution in [2.75, 3.05) is 26.2 Å². The van der Waals surface area contributed by atoms with E-state index in [4.69, 9.17) is 0 Å². The molecule has 6 heteroatoms. The molecule has 0 aliphatic carbocycles. The molecular weight excluding hydrogens is 270 g/mol. The van der Waals surface area contributed by atoms with Crippen LogP contribution in [0.3, 0.4) is 0 Å². The van der Waals surface area contributed by atoms with E-state index in [0.29, 0.717) is 19.1 Å². The zero-order valence-electron chi connectivity index (χ0n) is 13.0. The molecule has 21 heavy (non-hydrogen) atoms. The third-order valence-corrected chi connectivity index (χ3v) is 4.76. The van der Waals surface area contributed by atoms with E-state index in [1.165, 1.54) is 17.7 Å². The minimum Gasteiger partial charge on any atom is -0.480 e. The number of amides is 2. The molecule has 6 nitrogen and oxygen atoms in total. The van der Waals surface area contributed by atoms with Crippen molar-refractivity contribution in [2.45, 2.75) is 51.6 Å². The second-order valence-corrected chi connectivity index (χ2v) is 6.37. The highest BCUT2D eigenvalue weighted by Gasteiger charge is 2.37. The summed E-state index contributed by atoms with van der Waals surface area (Å²) >= 11 is 0. The molecule has 2 aliphatic rings. The predicted octanol–water partition coefficient (Wildman–Crippen LogP) is 1.37. The van der Waals surface area contributed by atoms with E-state index in [-0.39, 0.29) is 11.9 Å². The van der Waals surface area contributed by atoms with Crippen LogP contribution < -0.4 is 5.32 Å². The number of carboxylic acid groups (broad SMARTS) is 1. The number of nitrogens with zero attached hydrogens (tertiary/aromatic N) is 2. The smallest absolute Gasteiger partial charge is 0.326 e. The first-order valence-corrected chi connectivity index (χ1v) is 8.02. The van der Waals surface area contributed by atoms with E-state index in [1.807, 2.05) is 6.92 Å². The van der Waals surface area contributed by atoms with Gasteiger partial charge in [-0.15, -0.1) is 0 Å². The number of carboxylic acids is 1. The van der Waals surface area contributed by atoms with E-state index in [1.54, 1.807) is 0 Å². The van der Waals surface area contributed by atoms with Gasteiger partial charge in [-0.25, -0.2) is 9.59 Å². The Morgan fingerprint density at radius 2 is 1.90 bits per heavy atom. The molecule has 0 aromatic carbocycles. The lowest BCUT2D eigenvalue weighted by Crippen LogP contribution is -2.56. The largest absolute Gasteiger partial charge is 0.480 e. The fourth-order valence-electron chi connectivity index (χ4n) is 3.44. The van der Waals surface area contributed by atoms with Crippen LogP contribution in [0.5, 0.6) is 0 Å². The summed E-state index contributed by atoms with van der Waals surface area (Å²) in [4.78, 5) is 27.6. The second kappa shape index (κ2) is 7.11. The van der Waals surface area contributed by atoms with Gasteiger partial charge in [0.25, 0.3) is 0 Å². The van der Waals surface area contributed by atoms with Crippen LogP contribution in [0.25, 0.3) is 0 Å². The molecule has 120 valence electrons. The summed E-state index contributed by atoms with van der Waals surface area (Å²) in [5.74, 6) is -0.886. The highest BCUT2D eigenvalue weighted by atomic mass is 16.4. The van der Waals surface area contributed by atoms with E-state index >= 15 is 0 Å². The third-order valence-electron chi connectivity index (χ3n) is 4.76. The number of rotatable bonds is 4. The van der Waals surface area contributed by atoms with Crippen molar-refractivity contribution in [2.24, 2.45) is 5.92 Å². The van der Waals surface area contributed by atoms with Crippen molar-refractivity contribution in [3.8, 4) is 0 Å². The molecule has 2 aliphatic heterocycles. The maximum Gasteiger partial charge on any atom is 0.326 e. The predicted molar refractivity (Wildman–Crippen MR) is 80.2 cm³/mol. The quantitative estimate of drug-likeness (QED) is 0.822. The van der Waals surface area contributed by atoms with Gasteiger partial charge in [-0.2, -0.15) is 0 Å². The Hall–Kier alpha value is -1.30. The minimum absolute atomic E-state index is 0.0120. The minimum atomic E-state index is -0.898. The summed E-state index contributed by atoms with van der Waals surface area (Å²) in [5.41, 5.74) is 0. The summed E-state index contributed by atoms with van der Waals surface area (Å²) in [6.07, 6.45) is 4.19. The van der Waals surface area contributed by atoms with Gasteiger partial charge < -0.3 is 15.3 Å². The molecule has 2 fully saturated rings. The number of nitrogens with one attached hydrogen (secondary N) is 1. The Morgan fingerprint density at radius 1 is 1.24 bits per heavy atom. The Kier molecular flexibility index (Phi) is 5.45. The number of hydrogen-bond acceptors (Lipinski definition) is 3. The molecule has 2 saturated heterocycles. The number of carbonyl (C=O) groups excluding carboxylic acids is 1. The Balaban J connectivity index is 1.87. The number of hydrogen-bond donors (Lipinski definition) is 2. The van der Waals surface area contributed by atoms with Gasteiger partial charge in [-0.3, -0.25) is 4.90 Å². The highest BCUT2D eigenvalue weighted by Crippen LogP contribution is 2.23. The van der Waals surface area contributed by atoms with Crippen LogP contribution in [0.2, 0.25) is 0 Å². The number of carbonyl (C=O) groups is 2. The van der Waals surface area contributed by atoms with Crippen molar-refractivity contribution >= 4 is 12.0 Å². The van der Waals surface area contributed by atoms with Crippen molar-refractivity contribution in [3.63, 3.8) is 0 Å². The van der Waals surface area contributed by atoms with Crippen LogP contribution in [0.1, 0.15) is 39.5 Å². The summed E-state index contributed by atoms with van der Waals surface area (Å²) < 4.78 is 0. The topological polar surface area (TPSA) is 72.9 Å². The molecule has 0 aromatic heterocycles. The molecule has 3 unspecified atom stereocenters. The van der Waals surface area contributed by atoms with Gasteiger partial charge in [0.2, 0.25) is 0 Å². The Labute approximate surface area is 126 Å². The maximum absolute atomic E-state index is 12.3. The van der Waals surface area contributed by atoms with E-state index in [2.05, 4.69) is 17.1 Å². The lowest BCUT2D eigenvalue weighted by atomic mass is 9.91. The van der Waals surface area contributed by atoms with Crippen molar-refractivity contribution < 1.29 is 14.7 Å². The van der Waals surface area contributed by atoms with Crippen molar-refractivity contribution in [3.05, 3.63) is 0 Å². The van der Waals surface area contributed by atoms with Gasteiger partial charge in [0.1, 0.15) is 6.04 Å². The van der Waals surface area contributed by atoms with Crippen LogP contribution in [0.15, 0.2) is 0 Å². The summed E-state index contributed by atoms with van der Waals surface area (Å²) in [6, 6.07) is -0.622. The fourth-order valence-corrected chi connectivity index (χ4v) is 3.44. The SMILES string of the molecule is CC1CCCN(C(=O)NCC(C)N2CCCC2)C1C(=O)O. The number of aliphatic carboxylic acids is 1. The molecule has 3 atom stereocenters. The molecule has 0 spiro atoms. The van der Waals surface area contributed by atoms with Crippen LogP contribution >= 0.6 is 0 Å². The highest BCUT2D eigenvalue weighted by molar-refractivity contribution is 5.83. The lowest BCUT2D eigenvalue weighted by Gasteiger charge is -2.37. The number of urea groups is 1. The van der Waals surface area contributed by atoms with Gasteiger partial charge in [-0.05, 0) is 51.6 Å². The van der Waals surface area contributed by atoms with E-state index in [0.717, 1.165) is 25.9 Å². The van der Waals surface area contributed by atoms with Crippen molar-refractivity contribution in [1.82, 2.24) is 15.1 Å². The van der Waals surface area contributed by atoms with Crippen LogP contribution in [0.4, 0.5) is 4.79 Å². The van der Waals surface area contributed by atoms with Gasteiger partial charge in [0.05, 0.1) is 0 Å². The van der Waals surface area contributed by atoms with E-state index < -0.39 is 12.0 Å². The normalized spacial score (nSPS) is 28.4. The molecular formula is C15H27N3O3. The molecule has 2 rings (SSSR count). The fraction of sp³-hybridized carbons (Fsp3) is 0.867. The molecule has 2 heterocycles. The zero-order chi connectivity index (χ0) is 15.4. The Bertz CT molecular complexity index is 382. The average molecular weight is 297 g/mol. The van der Waals surface area contributed by atoms with Gasteiger partial charge in [-0.1, -0.05) is 6.92 Å². The molecule has 2 amide bonds. The zero-order valence-corrected chi connectivity index (χ0v) is 13.0. The van der Waals surface area contributed by atoms with Crippen molar-refractivity contribution in [1.29, 1.82) is 0 Å². The number of piperidine rings is 1. The summed E-state index contributed by atoms with van der Waals surface area (Å²) in [5, 5.41) is 12.3. The summed E-state index contributed by atoms with van der Waals surface area (Å²) in [7, 11) is 0. The number of likely N-dealkylation sites (tertiary alicyclic amines) is 2. The lowest BCUT2D eigenvalue weighted by molar-refractivity contribution is -0.145.